The van der Waals surface area contributed by atoms with E-state index in [1.165, 1.54) is 16.7 Å². The zero-order valence-electron chi connectivity index (χ0n) is 21.2. The number of benzene rings is 2. The van der Waals surface area contributed by atoms with E-state index in [0.29, 0.717) is 0 Å². The Labute approximate surface area is 211 Å². The molecule has 1 aliphatic carbocycles. The fraction of sp³-hybridized carbons (Fsp3) is 0.429. The molecule has 3 unspecified atom stereocenters. The van der Waals surface area contributed by atoms with Crippen molar-refractivity contribution in [2.75, 3.05) is 6.54 Å². The summed E-state index contributed by atoms with van der Waals surface area (Å²) in [5.74, 6) is -0.0594. The van der Waals surface area contributed by atoms with Gasteiger partial charge < -0.3 is 10.1 Å². The van der Waals surface area contributed by atoms with Crippen LogP contribution in [0.25, 0.3) is 22.0 Å². The third-order valence-electron chi connectivity index (χ3n) is 6.63. The van der Waals surface area contributed by atoms with Crippen LogP contribution in [0.1, 0.15) is 45.6 Å². The molecule has 2 amide bonds. The Morgan fingerprint density at radius 1 is 1.17 bits per heavy atom. The second-order valence-electron chi connectivity index (χ2n) is 10.5. The number of ether oxygens (including phenoxy) is 1. The molecule has 1 aliphatic heterocycles. The van der Waals surface area contributed by atoms with E-state index in [4.69, 9.17) is 10.00 Å². The maximum absolute atomic E-state index is 12.3. The average molecular weight is 488 g/mol. The highest BCUT2D eigenvalue weighted by Crippen LogP contribution is 2.43. The Bertz CT molecular complexity index is 1270. The minimum atomic E-state index is -0.577. The summed E-state index contributed by atoms with van der Waals surface area (Å²) in [7, 11) is 0. The van der Waals surface area contributed by atoms with Crippen LogP contribution in [0.4, 0.5) is 4.79 Å². The van der Waals surface area contributed by atoms with Crippen LogP contribution in [-0.2, 0) is 9.53 Å². The quantitative estimate of drug-likeness (QED) is 0.508. The molecule has 2 heterocycles. The second-order valence-corrected chi connectivity index (χ2v) is 10.5. The normalized spacial score (nSPS) is 20.4. The Balaban J connectivity index is 0.000000173. The number of aromatic amines is 1. The zero-order valence-corrected chi connectivity index (χ0v) is 21.2. The summed E-state index contributed by atoms with van der Waals surface area (Å²) in [6, 6.07) is 16.4. The fourth-order valence-corrected chi connectivity index (χ4v) is 5.00. The van der Waals surface area contributed by atoms with Gasteiger partial charge in [-0.05, 0) is 70.1 Å². The van der Waals surface area contributed by atoms with E-state index in [9.17, 15) is 9.59 Å². The van der Waals surface area contributed by atoms with Crippen LogP contribution in [0.3, 0.4) is 0 Å². The standard InChI is InChI=1S/C14H21N3O3.C14H12N2/c1-14(2,3)20-13(19)17-10-5-4-9(8-10)11(17)12(18)16-7-6-15;1-10-2-4-11(5-3-10)12-6-7-13-9-15-16-14(13)8-12/h9-11H,4-5,7-8H2,1-3H3,(H,16,18);2-9H,1H3,(H,15,16). The minimum Gasteiger partial charge on any atom is -0.444 e. The van der Waals surface area contributed by atoms with E-state index < -0.39 is 17.7 Å². The Hall–Kier alpha value is -3.86. The number of hydrogen-bond acceptors (Lipinski definition) is 5. The van der Waals surface area contributed by atoms with Gasteiger partial charge in [0.2, 0.25) is 5.91 Å². The Kier molecular flexibility index (Phi) is 7.30. The van der Waals surface area contributed by atoms with E-state index in [2.05, 4.69) is 64.9 Å². The topological polar surface area (TPSA) is 111 Å². The molecule has 3 atom stereocenters. The molecule has 1 aromatic heterocycles. The molecular weight excluding hydrogens is 454 g/mol. The van der Waals surface area contributed by atoms with E-state index in [-0.39, 0.29) is 24.4 Å². The summed E-state index contributed by atoms with van der Waals surface area (Å²) in [5, 5.41) is 19.3. The van der Waals surface area contributed by atoms with Crippen molar-refractivity contribution in [1.82, 2.24) is 20.4 Å². The SMILES string of the molecule is CC(C)(C)OC(=O)N1C2CCC(C2)C1C(=O)NCC#N.Cc1ccc(-c2ccc3cn[nH]c3c2)cc1. The number of piperidine rings is 1. The number of fused-ring (bicyclic) bond motifs is 3. The van der Waals surface area contributed by atoms with Crippen LogP contribution >= 0.6 is 0 Å². The lowest BCUT2D eigenvalue weighted by Gasteiger charge is -2.35. The van der Waals surface area contributed by atoms with Gasteiger partial charge in [-0.3, -0.25) is 14.8 Å². The Morgan fingerprint density at radius 3 is 2.58 bits per heavy atom. The highest BCUT2D eigenvalue weighted by molar-refractivity contribution is 5.87. The van der Waals surface area contributed by atoms with E-state index in [1.807, 2.05) is 33.0 Å². The molecule has 5 rings (SSSR count). The minimum absolute atomic E-state index is 0.0329. The van der Waals surface area contributed by atoms with Crippen LogP contribution in [-0.4, -0.2) is 51.3 Å². The van der Waals surface area contributed by atoms with Crippen molar-refractivity contribution in [1.29, 1.82) is 5.26 Å². The first-order chi connectivity index (χ1) is 17.2. The lowest BCUT2D eigenvalue weighted by atomic mass is 9.98. The molecule has 2 fully saturated rings. The number of rotatable bonds is 3. The summed E-state index contributed by atoms with van der Waals surface area (Å²) in [6.07, 6.45) is 4.14. The lowest BCUT2D eigenvalue weighted by Crippen LogP contribution is -2.53. The molecule has 2 N–H and O–H groups in total. The second kappa shape index (κ2) is 10.4. The number of aromatic nitrogens is 2. The molecule has 2 aromatic carbocycles. The molecule has 2 bridgehead atoms. The monoisotopic (exact) mass is 487 g/mol. The summed E-state index contributed by atoms with van der Waals surface area (Å²) >= 11 is 0. The highest BCUT2D eigenvalue weighted by atomic mass is 16.6. The summed E-state index contributed by atoms with van der Waals surface area (Å²) < 4.78 is 5.40. The number of carbonyl (C=O) groups excluding carboxylic acids is 2. The van der Waals surface area contributed by atoms with Gasteiger partial charge in [-0.15, -0.1) is 0 Å². The first kappa shape index (κ1) is 25.2. The maximum atomic E-state index is 12.3. The fourth-order valence-electron chi connectivity index (χ4n) is 5.00. The van der Waals surface area contributed by atoms with Crippen LogP contribution in [0, 0.1) is 24.2 Å². The van der Waals surface area contributed by atoms with Gasteiger partial charge in [0.25, 0.3) is 0 Å². The average Bonchev–Trinajstić information content (AvgIpc) is 3.58. The summed E-state index contributed by atoms with van der Waals surface area (Å²) in [5.41, 5.74) is 4.25. The van der Waals surface area contributed by atoms with Gasteiger partial charge in [-0.25, -0.2) is 4.79 Å². The van der Waals surface area contributed by atoms with E-state index >= 15 is 0 Å². The van der Waals surface area contributed by atoms with E-state index in [1.54, 1.807) is 4.90 Å². The molecule has 0 spiro atoms. The molecule has 36 heavy (non-hydrogen) atoms. The predicted molar refractivity (Wildman–Crippen MR) is 138 cm³/mol. The van der Waals surface area contributed by atoms with Gasteiger partial charge in [-0.1, -0.05) is 42.0 Å². The molecule has 1 saturated heterocycles. The number of hydrogen-bond donors (Lipinski definition) is 2. The number of carbonyl (C=O) groups is 2. The van der Waals surface area contributed by atoms with E-state index in [0.717, 1.165) is 30.2 Å². The lowest BCUT2D eigenvalue weighted by molar-refractivity contribution is -0.127. The van der Waals surface area contributed by atoms with Gasteiger partial charge in [-0.2, -0.15) is 10.4 Å². The number of nitrogens with zero attached hydrogens (tertiary/aromatic N) is 3. The van der Waals surface area contributed by atoms with Crippen molar-refractivity contribution in [2.45, 2.75) is 64.6 Å². The number of H-pyrrole nitrogens is 1. The number of amides is 2. The third-order valence-corrected chi connectivity index (χ3v) is 6.63. The smallest absolute Gasteiger partial charge is 0.411 e. The molecule has 1 saturated carbocycles. The van der Waals surface area contributed by atoms with Gasteiger partial charge in [0.05, 0.1) is 17.8 Å². The largest absolute Gasteiger partial charge is 0.444 e. The number of nitriles is 1. The van der Waals surface area contributed by atoms with Crippen molar-refractivity contribution < 1.29 is 14.3 Å². The van der Waals surface area contributed by atoms with Crippen LogP contribution < -0.4 is 5.32 Å². The molecule has 0 radical (unpaired) electrons. The molecular formula is C28H33N5O3. The maximum Gasteiger partial charge on any atom is 0.411 e. The van der Waals surface area contributed by atoms with Crippen molar-refractivity contribution in [3.63, 3.8) is 0 Å². The molecule has 8 nitrogen and oxygen atoms in total. The van der Waals surface area contributed by atoms with Crippen molar-refractivity contribution in [3.05, 3.63) is 54.2 Å². The summed E-state index contributed by atoms with van der Waals surface area (Å²) in [4.78, 5) is 26.0. The van der Waals surface area contributed by atoms with Gasteiger partial charge >= 0.3 is 6.09 Å². The van der Waals surface area contributed by atoms with Gasteiger partial charge in [0.15, 0.2) is 0 Å². The van der Waals surface area contributed by atoms with Crippen LogP contribution in [0.5, 0.6) is 0 Å². The van der Waals surface area contributed by atoms with Gasteiger partial charge in [0.1, 0.15) is 18.2 Å². The van der Waals surface area contributed by atoms with Crippen LogP contribution in [0.15, 0.2) is 48.7 Å². The zero-order chi connectivity index (χ0) is 25.9. The molecule has 2 aliphatic rings. The molecule has 188 valence electrons. The van der Waals surface area contributed by atoms with Gasteiger partial charge in [0, 0.05) is 11.4 Å². The van der Waals surface area contributed by atoms with Crippen molar-refractivity contribution in [3.8, 4) is 17.2 Å². The number of likely N-dealkylation sites (tertiary alicyclic amines) is 1. The Morgan fingerprint density at radius 2 is 1.89 bits per heavy atom. The molecule has 8 heteroatoms. The molecule has 3 aromatic rings. The first-order valence-corrected chi connectivity index (χ1v) is 12.3. The number of aryl methyl sites for hydroxylation is 1. The first-order valence-electron chi connectivity index (χ1n) is 12.3. The van der Waals surface area contributed by atoms with Crippen LogP contribution in [0.2, 0.25) is 0 Å². The van der Waals surface area contributed by atoms with Crippen molar-refractivity contribution in [2.24, 2.45) is 5.92 Å². The third kappa shape index (κ3) is 5.68. The summed E-state index contributed by atoms with van der Waals surface area (Å²) in [6.45, 7) is 7.49. The predicted octanol–water partition coefficient (Wildman–Crippen LogP) is 4.95. The highest BCUT2D eigenvalue weighted by Gasteiger charge is 2.52. The number of nitrogens with one attached hydrogen (secondary N) is 2. The van der Waals surface area contributed by atoms with Crippen molar-refractivity contribution >= 4 is 22.9 Å².